The molecule has 0 aromatic carbocycles. The second-order valence-electron chi connectivity index (χ2n) is 5.17. The average molecular weight is 410 g/mol. The van der Waals surface area contributed by atoms with Crippen LogP contribution < -0.4 is 5.73 Å². The van der Waals surface area contributed by atoms with Gasteiger partial charge in [0.1, 0.15) is 4.60 Å². The van der Waals surface area contributed by atoms with E-state index in [1.807, 2.05) is 19.2 Å². The number of anilines is 1. The van der Waals surface area contributed by atoms with Crippen molar-refractivity contribution in [3.05, 3.63) is 49.4 Å². The van der Waals surface area contributed by atoms with Crippen LogP contribution in [-0.4, -0.2) is 15.0 Å². The Labute approximate surface area is 140 Å². The fraction of sp³-hybridized carbons (Fsp3) is 0.267. The lowest BCUT2D eigenvalue weighted by Gasteiger charge is -2.14. The van der Waals surface area contributed by atoms with Gasteiger partial charge in [0, 0.05) is 34.3 Å². The fourth-order valence-electron chi connectivity index (χ4n) is 2.54. The zero-order valence-corrected chi connectivity index (χ0v) is 14.9. The van der Waals surface area contributed by atoms with Gasteiger partial charge in [-0.25, -0.2) is 9.97 Å². The van der Waals surface area contributed by atoms with Crippen LogP contribution in [-0.2, 0) is 6.42 Å². The first-order chi connectivity index (χ1) is 9.97. The molecule has 2 heterocycles. The second kappa shape index (κ2) is 5.50. The Morgan fingerprint density at radius 2 is 2.00 bits per heavy atom. The number of hydrogen-bond donors (Lipinski definition) is 1. The molecule has 4 nitrogen and oxygen atoms in total. The van der Waals surface area contributed by atoms with E-state index in [9.17, 15) is 0 Å². The Bertz CT molecular complexity index is 756. The van der Waals surface area contributed by atoms with Crippen LogP contribution in [0.3, 0.4) is 0 Å². The smallest absolute Gasteiger partial charge is 0.221 e. The van der Waals surface area contributed by atoms with Crippen molar-refractivity contribution in [1.82, 2.24) is 15.0 Å². The Balaban J connectivity index is 1.97. The molecule has 0 amide bonds. The van der Waals surface area contributed by atoms with Gasteiger partial charge in [0.25, 0.3) is 0 Å². The van der Waals surface area contributed by atoms with Crippen LogP contribution in [0.25, 0.3) is 6.08 Å². The molecule has 0 spiro atoms. The minimum Gasteiger partial charge on any atom is -0.368 e. The predicted octanol–water partition coefficient (Wildman–Crippen LogP) is 3.95. The van der Waals surface area contributed by atoms with Crippen LogP contribution in [0.5, 0.6) is 0 Å². The molecule has 6 heteroatoms. The highest BCUT2D eigenvalue weighted by Crippen LogP contribution is 2.36. The van der Waals surface area contributed by atoms with Crippen molar-refractivity contribution in [2.45, 2.75) is 26.2 Å². The number of pyridine rings is 1. The molecule has 1 aliphatic rings. The van der Waals surface area contributed by atoms with Crippen molar-refractivity contribution in [3.8, 4) is 0 Å². The Morgan fingerprint density at radius 3 is 2.76 bits per heavy atom. The largest absolute Gasteiger partial charge is 0.368 e. The summed E-state index contributed by atoms with van der Waals surface area (Å²) in [4.78, 5) is 13.1. The molecule has 0 fully saturated rings. The maximum absolute atomic E-state index is 5.76. The van der Waals surface area contributed by atoms with Crippen molar-refractivity contribution in [2.24, 2.45) is 0 Å². The first-order valence-corrected chi connectivity index (χ1v) is 8.17. The van der Waals surface area contributed by atoms with Gasteiger partial charge in [-0.15, -0.1) is 0 Å². The lowest BCUT2D eigenvalue weighted by Crippen LogP contribution is -2.08. The monoisotopic (exact) mass is 408 g/mol. The maximum Gasteiger partial charge on any atom is 0.221 e. The molecule has 2 N–H and O–H groups in total. The number of halogens is 2. The van der Waals surface area contributed by atoms with Crippen molar-refractivity contribution in [2.75, 3.05) is 5.73 Å². The Hall–Kier alpha value is -1.27. The van der Waals surface area contributed by atoms with Gasteiger partial charge in [-0.1, -0.05) is 28.1 Å². The summed E-state index contributed by atoms with van der Waals surface area (Å²) in [6, 6.07) is 0. The van der Waals surface area contributed by atoms with Crippen molar-refractivity contribution < 1.29 is 0 Å². The third-order valence-corrected chi connectivity index (χ3v) is 5.55. The van der Waals surface area contributed by atoms with Gasteiger partial charge in [-0.3, -0.25) is 4.98 Å². The zero-order chi connectivity index (χ0) is 15.1. The minimum atomic E-state index is 0.183. The summed E-state index contributed by atoms with van der Waals surface area (Å²) in [5.74, 6) is 0.478. The molecule has 0 aliphatic heterocycles. The number of fused-ring (bicyclic) bond motifs is 1. The minimum absolute atomic E-state index is 0.183. The van der Waals surface area contributed by atoms with Crippen LogP contribution in [0.4, 0.5) is 5.95 Å². The molecule has 2 aromatic rings. The van der Waals surface area contributed by atoms with Gasteiger partial charge < -0.3 is 5.73 Å². The SMILES string of the molecule is Cc1cnc(CC2C=Cc3c(Br)nc(N)nc32)c(C)c1Br. The third kappa shape index (κ3) is 2.62. The van der Waals surface area contributed by atoms with E-state index < -0.39 is 0 Å². The van der Waals surface area contributed by atoms with Gasteiger partial charge in [0.05, 0.1) is 5.69 Å². The summed E-state index contributed by atoms with van der Waals surface area (Å²) in [5, 5.41) is 0. The second-order valence-corrected chi connectivity index (χ2v) is 6.71. The number of rotatable bonds is 2. The summed E-state index contributed by atoms with van der Waals surface area (Å²) < 4.78 is 1.87. The van der Waals surface area contributed by atoms with E-state index in [0.29, 0.717) is 5.95 Å². The van der Waals surface area contributed by atoms with Gasteiger partial charge in [-0.2, -0.15) is 0 Å². The van der Waals surface area contributed by atoms with E-state index >= 15 is 0 Å². The zero-order valence-electron chi connectivity index (χ0n) is 11.7. The average Bonchev–Trinajstić information content (AvgIpc) is 2.83. The summed E-state index contributed by atoms with van der Waals surface area (Å²) in [6.45, 7) is 4.13. The van der Waals surface area contributed by atoms with Crippen molar-refractivity contribution in [1.29, 1.82) is 0 Å². The number of aryl methyl sites for hydroxylation is 1. The first kappa shape index (κ1) is 14.7. The molecular weight excluding hydrogens is 396 g/mol. The molecule has 1 aliphatic carbocycles. The van der Waals surface area contributed by atoms with Gasteiger partial charge in [-0.05, 0) is 40.9 Å². The molecule has 0 radical (unpaired) electrons. The molecule has 21 heavy (non-hydrogen) atoms. The van der Waals surface area contributed by atoms with E-state index in [2.05, 4.69) is 59.8 Å². The summed E-state index contributed by atoms with van der Waals surface area (Å²) >= 11 is 7.06. The maximum atomic E-state index is 5.76. The number of aromatic nitrogens is 3. The molecule has 2 aromatic heterocycles. The van der Waals surface area contributed by atoms with E-state index in [1.54, 1.807) is 0 Å². The lowest BCUT2D eigenvalue weighted by molar-refractivity contribution is 0.780. The van der Waals surface area contributed by atoms with Crippen LogP contribution in [0.1, 0.15) is 34.0 Å². The van der Waals surface area contributed by atoms with Crippen molar-refractivity contribution >= 4 is 43.9 Å². The number of allylic oxidation sites excluding steroid dienone is 1. The van der Waals surface area contributed by atoms with Crippen LogP contribution >= 0.6 is 31.9 Å². The number of hydrogen-bond acceptors (Lipinski definition) is 4. The van der Waals surface area contributed by atoms with Gasteiger partial charge >= 0.3 is 0 Å². The third-order valence-electron chi connectivity index (χ3n) is 3.73. The van der Waals surface area contributed by atoms with Crippen LogP contribution in [0.15, 0.2) is 21.3 Å². The standard InChI is InChI=1S/C15H14Br2N4/c1-7-6-19-11(8(2)12(7)16)5-9-3-4-10-13(9)20-15(18)21-14(10)17/h3-4,6,9H,5H2,1-2H3,(H2,18,20,21). The highest BCUT2D eigenvalue weighted by atomic mass is 79.9. The lowest BCUT2D eigenvalue weighted by atomic mass is 9.98. The fourth-order valence-corrected chi connectivity index (χ4v) is 3.39. The molecule has 0 bridgehead atoms. The predicted molar refractivity (Wildman–Crippen MR) is 91.0 cm³/mol. The molecule has 3 rings (SSSR count). The number of nitrogens with two attached hydrogens (primary N) is 1. The molecule has 1 atom stereocenters. The van der Waals surface area contributed by atoms with Gasteiger partial charge in [0.15, 0.2) is 0 Å². The topological polar surface area (TPSA) is 64.7 Å². The van der Waals surface area contributed by atoms with Crippen LogP contribution in [0.2, 0.25) is 0 Å². The van der Waals surface area contributed by atoms with E-state index in [-0.39, 0.29) is 5.92 Å². The quantitative estimate of drug-likeness (QED) is 0.762. The molecular formula is C15H14Br2N4. The van der Waals surface area contributed by atoms with Gasteiger partial charge in [0.2, 0.25) is 5.95 Å². The molecule has 0 saturated carbocycles. The van der Waals surface area contributed by atoms with Crippen molar-refractivity contribution in [3.63, 3.8) is 0 Å². The molecule has 1 unspecified atom stereocenters. The molecule has 108 valence electrons. The number of nitrogen functional groups attached to an aromatic ring is 1. The first-order valence-electron chi connectivity index (χ1n) is 6.59. The Morgan fingerprint density at radius 1 is 1.24 bits per heavy atom. The highest BCUT2D eigenvalue weighted by Gasteiger charge is 2.24. The summed E-state index contributed by atoms with van der Waals surface area (Å²) in [6.07, 6.45) is 6.88. The van der Waals surface area contributed by atoms with E-state index in [4.69, 9.17) is 5.73 Å². The summed E-state index contributed by atoms with van der Waals surface area (Å²) in [7, 11) is 0. The van der Waals surface area contributed by atoms with E-state index in [1.165, 1.54) is 5.56 Å². The van der Waals surface area contributed by atoms with Crippen LogP contribution in [0, 0.1) is 13.8 Å². The molecule has 0 saturated heterocycles. The van der Waals surface area contributed by atoms with E-state index in [0.717, 1.165) is 38.0 Å². The highest BCUT2D eigenvalue weighted by molar-refractivity contribution is 9.10. The summed E-state index contributed by atoms with van der Waals surface area (Å²) in [5.41, 5.74) is 11.1. The Kier molecular flexibility index (Phi) is 3.84. The number of nitrogens with zero attached hydrogens (tertiary/aromatic N) is 3. The normalized spacial score (nSPS) is 16.3.